The van der Waals surface area contributed by atoms with E-state index in [1.807, 2.05) is 0 Å². The monoisotopic (exact) mass is 258 g/mol. The lowest BCUT2D eigenvalue weighted by Gasteiger charge is -2.20. The largest absolute Gasteiger partial charge is 0.388 e. The van der Waals surface area contributed by atoms with Crippen LogP contribution in [0.25, 0.3) is 0 Å². The second-order valence-electron chi connectivity index (χ2n) is 5.58. The molecule has 0 amide bonds. The summed E-state index contributed by atoms with van der Waals surface area (Å²) in [5, 5.41) is 3.46. The van der Waals surface area contributed by atoms with E-state index < -0.39 is 0 Å². The minimum Gasteiger partial charge on any atom is -0.388 e. The summed E-state index contributed by atoms with van der Waals surface area (Å²) < 4.78 is 0. The molecule has 19 heavy (non-hydrogen) atoms. The maximum absolute atomic E-state index is 4.14. The van der Waals surface area contributed by atoms with Crippen LogP contribution in [0.4, 0.5) is 0 Å². The molecule has 1 aromatic rings. The van der Waals surface area contributed by atoms with Gasteiger partial charge in [-0.25, -0.2) is 0 Å². The lowest BCUT2D eigenvalue weighted by atomic mass is 10.1. The molecule has 2 rings (SSSR count). The van der Waals surface area contributed by atoms with Gasteiger partial charge in [0, 0.05) is 18.3 Å². The Kier molecular flexibility index (Phi) is 5.46. The topological polar surface area (TPSA) is 15.3 Å². The summed E-state index contributed by atoms with van der Waals surface area (Å²) in [5.74, 6) is 0. The van der Waals surface area contributed by atoms with Gasteiger partial charge in [0.2, 0.25) is 0 Å². The fourth-order valence-electron chi connectivity index (χ4n) is 2.80. The Balaban J connectivity index is 1.59. The second-order valence-corrected chi connectivity index (χ2v) is 5.58. The van der Waals surface area contributed by atoms with E-state index in [9.17, 15) is 0 Å². The molecule has 1 aliphatic heterocycles. The van der Waals surface area contributed by atoms with Gasteiger partial charge in [-0.2, -0.15) is 0 Å². The lowest BCUT2D eigenvalue weighted by Crippen LogP contribution is -2.25. The molecule has 0 radical (unpaired) electrons. The summed E-state index contributed by atoms with van der Waals surface area (Å²) >= 11 is 0. The highest BCUT2D eigenvalue weighted by Gasteiger charge is 2.20. The van der Waals surface area contributed by atoms with Crippen molar-refractivity contribution in [3.05, 3.63) is 48.2 Å². The molecule has 1 atom stereocenters. The summed E-state index contributed by atoms with van der Waals surface area (Å²) in [6, 6.07) is 11.4. The van der Waals surface area contributed by atoms with E-state index in [0.29, 0.717) is 0 Å². The average molecular weight is 258 g/mol. The Bertz CT molecular complexity index is 386. The highest BCUT2D eigenvalue weighted by Crippen LogP contribution is 2.20. The van der Waals surface area contributed by atoms with Crippen molar-refractivity contribution in [3.8, 4) is 0 Å². The van der Waals surface area contributed by atoms with Gasteiger partial charge in [-0.3, -0.25) is 0 Å². The molecular weight excluding hydrogens is 232 g/mol. The predicted octanol–water partition coefficient (Wildman–Crippen LogP) is 3.21. The standard InChI is InChI=1S/C17H26N2/c1-15(10-11-17-9-6-14-19(17)2)18-13-12-16-7-4-3-5-8-16/h3-5,7-8,17-18H,1,6,9-14H2,2H3. The molecule has 1 N–H and O–H groups in total. The first kappa shape index (κ1) is 14.1. The van der Waals surface area contributed by atoms with E-state index >= 15 is 0 Å². The number of rotatable bonds is 7. The third-order valence-electron chi connectivity index (χ3n) is 4.08. The molecule has 0 aromatic heterocycles. The summed E-state index contributed by atoms with van der Waals surface area (Å²) in [5.41, 5.74) is 2.58. The van der Waals surface area contributed by atoms with Crippen LogP contribution in [0.3, 0.4) is 0 Å². The molecule has 1 unspecified atom stereocenters. The third kappa shape index (κ3) is 4.71. The van der Waals surface area contributed by atoms with Crippen LogP contribution in [-0.2, 0) is 6.42 Å². The van der Waals surface area contributed by atoms with Gasteiger partial charge >= 0.3 is 0 Å². The maximum atomic E-state index is 4.14. The first-order chi connectivity index (χ1) is 9.25. The van der Waals surface area contributed by atoms with Crippen molar-refractivity contribution >= 4 is 0 Å². The fraction of sp³-hybridized carbons (Fsp3) is 0.529. The summed E-state index contributed by atoms with van der Waals surface area (Å²) in [6.07, 6.45) is 6.13. The smallest absolute Gasteiger partial charge is 0.0184 e. The fourth-order valence-corrected chi connectivity index (χ4v) is 2.80. The summed E-state index contributed by atoms with van der Waals surface area (Å²) in [4.78, 5) is 2.48. The van der Waals surface area contributed by atoms with Crippen molar-refractivity contribution in [2.45, 2.75) is 38.1 Å². The predicted molar refractivity (Wildman–Crippen MR) is 82.2 cm³/mol. The second kappa shape index (κ2) is 7.34. The molecular formula is C17H26N2. The molecule has 0 bridgehead atoms. The van der Waals surface area contributed by atoms with E-state index in [0.717, 1.165) is 25.4 Å². The molecule has 0 spiro atoms. The Morgan fingerprint density at radius 3 is 2.84 bits per heavy atom. The number of nitrogens with zero attached hydrogens (tertiary/aromatic N) is 1. The van der Waals surface area contributed by atoms with Crippen LogP contribution in [0.15, 0.2) is 42.6 Å². The SMILES string of the molecule is C=C(CCC1CCCN1C)NCCc1ccccc1. The minimum atomic E-state index is 0.771. The van der Waals surface area contributed by atoms with Crippen molar-refractivity contribution in [3.63, 3.8) is 0 Å². The number of benzene rings is 1. The normalized spacial score (nSPS) is 19.5. The highest BCUT2D eigenvalue weighted by atomic mass is 15.1. The maximum Gasteiger partial charge on any atom is 0.0184 e. The van der Waals surface area contributed by atoms with Crippen molar-refractivity contribution in [2.24, 2.45) is 0 Å². The Hall–Kier alpha value is -1.28. The van der Waals surface area contributed by atoms with Gasteiger partial charge in [-0.1, -0.05) is 36.9 Å². The zero-order valence-corrected chi connectivity index (χ0v) is 12.1. The van der Waals surface area contributed by atoms with Crippen LogP contribution < -0.4 is 5.32 Å². The minimum absolute atomic E-state index is 0.771. The molecule has 0 saturated carbocycles. The molecule has 1 heterocycles. The zero-order valence-electron chi connectivity index (χ0n) is 12.1. The van der Waals surface area contributed by atoms with Crippen molar-refractivity contribution in [1.82, 2.24) is 10.2 Å². The van der Waals surface area contributed by atoms with Crippen LogP contribution >= 0.6 is 0 Å². The van der Waals surface area contributed by atoms with Gasteiger partial charge in [-0.15, -0.1) is 0 Å². The van der Waals surface area contributed by atoms with Crippen LogP contribution in [0.1, 0.15) is 31.2 Å². The number of hydrogen-bond donors (Lipinski definition) is 1. The highest BCUT2D eigenvalue weighted by molar-refractivity contribution is 5.15. The molecule has 2 nitrogen and oxygen atoms in total. The van der Waals surface area contributed by atoms with Gasteiger partial charge in [-0.05, 0) is 51.3 Å². The first-order valence-electron chi connectivity index (χ1n) is 7.41. The number of likely N-dealkylation sites (tertiary alicyclic amines) is 1. The Labute approximate surface area is 117 Å². The lowest BCUT2D eigenvalue weighted by molar-refractivity contribution is 0.295. The zero-order chi connectivity index (χ0) is 13.5. The van der Waals surface area contributed by atoms with E-state index in [4.69, 9.17) is 0 Å². The van der Waals surface area contributed by atoms with Crippen molar-refractivity contribution in [1.29, 1.82) is 0 Å². The Morgan fingerprint density at radius 2 is 2.16 bits per heavy atom. The molecule has 1 aromatic carbocycles. The Morgan fingerprint density at radius 1 is 1.37 bits per heavy atom. The number of hydrogen-bond acceptors (Lipinski definition) is 2. The van der Waals surface area contributed by atoms with Crippen LogP contribution in [-0.4, -0.2) is 31.1 Å². The van der Waals surface area contributed by atoms with Crippen LogP contribution in [0.5, 0.6) is 0 Å². The van der Waals surface area contributed by atoms with Gasteiger partial charge in [0.05, 0.1) is 0 Å². The van der Waals surface area contributed by atoms with Crippen LogP contribution in [0.2, 0.25) is 0 Å². The molecule has 1 fully saturated rings. The molecule has 1 saturated heterocycles. The molecule has 1 aliphatic rings. The first-order valence-corrected chi connectivity index (χ1v) is 7.41. The van der Waals surface area contributed by atoms with Gasteiger partial charge in [0.15, 0.2) is 0 Å². The van der Waals surface area contributed by atoms with Crippen LogP contribution in [0, 0.1) is 0 Å². The molecule has 0 aliphatic carbocycles. The van der Waals surface area contributed by atoms with E-state index in [1.54, 1.807) is 0 Å². The van der Waals surface area contributed by atoms with Gasteiger partial charge in [0.25, 0.3) is 0 Å². The summed E-state index contributed by atoms with van der Waals surface area (Å²) in [6.45, 7) is 6.39. The number of nitrogens with one attached hydrogen (secondary N) is 1. The molecule has 104 valence electrons. The van der Waals surface area contributed by atoms with E-state index in [1.165, 1.54) is 37.1 Å². The average Bonchev–Trinajstić information content (AvgIpc) is 2.83. The summed E-state index contributed by atoms with van der Waals surface area (Å²) in [7, 11) is 2.24. The van der Waals surface area contributed by atoms with Crippen molar-refractivity contribution < 1.29 is 0 Å². The van der Waals surface area contributed by atoms with Gasteiger partial charge < -0.3 is 10.2 Å². The van der Waals surface area contributed by atoms with E-state index in [-0.39, 0.29) is 0 Å². The molecule has 2 heteroatoms. The quantitative estimate of drug-likeness (QED) is 0.808. The number of allylic oxidation sites excluding steroid dienone is 1. The van der Waals surface area contributed by atoms with Gasteiger partial charge in [0.1, 0.15) is 0 Å². The van der Waals surface area contributed by atoms with E-state index in [2.05, 4.69) is 54.2 Å². The van der Waals surface area contributed by atoms with Crippen molar-refractivity contribution in [2.75, 3.05) is 20.1 Å². The third-order valence-corrected chi connectivity index (χ3v) is 4.08.